The molecule has 0 N–H and O–H groups in total. The Morgan fingerprint density at radius 1 is 1.00 bits per heavy atom. The summed E-state index contributed by atoms with van der Waals surface area (Å²) in [5, 5.41) is 9.23. The van der Waals surface area contributed by atoms with E-state index in [4.69, 9.17) is 0 Å². The quantitative estimate of drug-likeness (QED) is 0.539. The van der Waals surface area contributed by atoms with E-state index < -0.39 is 0 Å². The maximum absolute atomic E-state index is 4.13. The van der Waals surface area contributed by atoms with Gasteiger partial charge in [0.15, 0.2) is 0 Å². The normalized spacial score (nSPS) is 11.1. The summed E-state index contributed by atoms with van der Waals surface area (Å²) in [6.07, 6.45) is 1.73. The van der Waals surface area contributed by atoms with Crippen LogP contribution in [-0.4, -0.2) is 10.2 Å². The van der Waals surface area contributed by atoms with Crippen molar-refractivity contribution < 1.29 is 0 Å². The van der Waals surface area contributed by atoms with Crippen molar-refractivity contribution in [1.82, 2.24) is 10.2 Å². The minimum atomic E-state index is 1.02. The molecule has 0 radical (unpaired) electrons. The highest BCUT2D eigenvalue weighted by Gasteiger charge is 2.03. The van der Waals surface area contributed by atoms with E-state index in [0.717, 1.165) is 5.52 Å². The van der Waals surface area contributed by atoms with Gasteiger partial charge in [-0.15, -0.1) is 16.4 Å². The molecular formula is C10H6N2S. The van der Waals surface area contributed by atoms with Crippen LogP contribution in [0.15, 0.2) is 36.5 Å². The fraction of sp³-hybridized carbons (Fsp3) is 0. The molecular weight excluding hydrogens is 180 g/mol. The average molecular weight is 186 g/mol. The molecule has 13 heavy (non-hydrogen) atoms. The minimum Gasteiger partial charge on any atom is -0.158 e. The molecule has 0 unspecified atom stereocenters. The van der Waals surface area contributed by atoms with Crippen LogP contribution in [0.1, 0.15) is 0 Å². The molecule has 0 aliphatic rings. The first-order valence-corrected chi connectivity index (χ1v) is 4.86. The fourth-order valence-electron chi connectivity index (χ4n) is 1.46. The Labute approximate surface area is 78.8 Å². The molecule has 2 heterocycles. The zero-order valence-corrected chi connectivity index (χ0v) is 7.58. The molecule has 0 spiro atoms. The molecule has 2 aromatic heterocycles. The standard InChI is InChI=1S/C10H6N2S/c1-2-4-8-7(3-1)10-9(13-8)5-6-11-12-10/h1-6H. The van der Waals surface area contributed by atoms with Gasteiger partial charge in [0.2, 0.25) is 0 Å². The Kier molecular flexibility index (Phi) is 1.34. The number of benzene rings is 1. The number of rotatable bonds is 0. The highest BCUT2D eigenvalue weighted by Crippen LogP contribution is 2.30. The molecule has 3 heteroatoms. The molecule has 3 aromatic rings. The van der Waals surface area contributed by atoms with Crippen molar-refractivity contribution in [2.45, 2.75) is 0 Å². The number of hydrogen-bond acceptors (Lipinski definition) is 3. The van der Waals surface area contributed by atoms with Crippen molar-refractivity contribution in [3.05, 3.63) is 36.5 Å². The molecule has 0 bridgehead atoms. The van der Waals surface area contributed by atoms with E-state index in [2.05, 4.69) is 22.3 Å². The summed E-state index contributed by atoms with van der Waals surface area (Å²) in [4.78, 5) is 0. The van der Waals surface area contributed by atoms with Crippen LogP contribution in [0, 0.1) is 0 Å². The van der Waals surface area contributed by atoms with E-state index in [-0.39, 0.29) is 0 Å². The zero-order valence-electron chi connectivity index (χ0n) is 6.77. The molecule has 0 fully saturated rings. The van der Waals surface area contributed by atoms with Crippen molar-refractivity contribution in [1.29, 1.82) is 0 Å². The summed E-state index contributed by atoms with van der Waals surface area (Å²) in [7, 11) is 0. The molecule has 0 saturated heterocycles. The largest absolute Gasteiger partial charge is 0.158 e. The number of nitrogens with zero attached hydrogens (tertiary/aromatic N) is 2. The molecule has 1 aromatic carbocycles. The second-order valence-electron chi connectivity index (χ2n) is 2.84. The van der Waals surface area contributed by atoms with E-state index in [9.17, 15) is 0 Å². The Balaban J connectivity index is 2.64. The zero-order chi connectivity index (χ0) is 8.67. The highest BCUT2D eigenvalue weighted by atomic mass is 32.1. The smallest absolute Gasteiger partial charge is 0.112 e. The van der Waals surface area contributed by atoms with Gasteiger partial charge in [0.25, 0.3) is 0 Å². The Hall–Kier alpha value is -1.48. The summed E-state index contributed by atoms with van der Waals surface area (Å²) in [6.45, 7) is 0. The lowest BCUT2D eigenvalue weighted by molar-refractivity contribution is 1.08. The van der Waals surface area contributed by atoms with Crippen molar-refractivity contribution >= 4 is 31.6 Å². The third-order valence-electron chi connectivity index (χ3n) is 2.05. The molecule has 0 saturated carbocycles. The van der Waals surface area contributed by atoms with Gasteiger partial charge >= 0.3 is 0 Å². The van der Waals surface area contributed by atoms with Crippen LogP contribution in [-0.2, 0) is 0 Å². The van der Waals surface area contributed by atoms with E-state index in [1.807, 2.05) is 18.2 Å². The van der Waals surface area contributed by atoms with E-state index in [1.165, 1.54) is 14.8 Å². The highest BCUT2D eigenvalue weighted by molar-refractivity contribution is 7.25. The molecule has 2 nitrogen and oxygen atoms in total. The van der Waals surface area contributed by atoms with Gasteiger partial charge in [-0.25, -0.2) is 0 Å². The Morgan fingerprint density at radius 2 is 1.92 bits per heavy atom. The summed E-state index contributed by atoms with van der Waals surface area (Å²) >= 11 is 1.76. The Morgan fingerprint density at radius 3 is 2.92 bits per heavy atom. The van der Waals surface area contributed by atoms with Gasteiger partial charge in [-0.05, 0) is 12.1 Å². The van der Waals surface area contributed by atoms with Gasteiger partial charge in [0.1, 0.15) is 5.52 Å². The fourth-order valence-corrected chi connectivity index (χ4v) is 2.49. The van der Waals surface area contributed by atoms with Crippen LogP contribution in [0.3, 0.4) is 0 Å². The lowest BCUT2D eigenvalue weighted by Gasteiger charge is -1.86. The van der Waals surface area contributed by atoms with Gasteiger partial charge < -0.3 is 0 Å². The lowest BCUT2D eigenvalue weighted by atomic mass is 10.2. The first kappa shape index (κ1) is 6.97. The summed E-state index contributed by atoms with van der Waals surface area (Å²) in [6, 6.07) is 10.3. The van der Waals surface area contributed by atoms with Crippen molar-refractivity contribution in [3.63, 3.8) is 0 Å². The van der Waals surface area contributed by atoms with Gasteiger partial charge in [-0.1, -0.05) is 18.2 Å². The SMILES string of the molecule is c1ccc2c(c1)sc1ccnnc12. The third kappa shape index (κ3) is 0.939. The molecule has 0 amide bonds. The second kappa shape index (κ2) is 2.50. The topological polar surface area (TPSA) is 25.8 Å². The summed E-state index contributed by atoms with van der Waals surface area (Å²) < 4.78 is 2.48. The van der Waals surface area contributed by atoms with E-state index in [1.54, 1.807) is 17.5 Å². The maximum atomic E-state index is 4.13. The van der Waals surface area contributed by atoms with Gasteiger partial charge in [0.05, 0.1) is 10.9 Å². The molecule has 3 rings (SSSR count). The van der Waals surface area contributed by atoms with Crippen molar-refractivity contribution in [3.8, 4) is 0 Å². The predicted molar refractivity (Wildman–Crippen MR) is 54.9 cm³/mol. The van der Waals surface area contributed by atoms with E-state index in [0.29, 0.717) is 0 Å². The number of thiophene rings is 1. The van der Waals surface area contributed by atoms with Crippen LogP contribution < -0.4 is 0 Å². The minimum absolute atomic E-state index is 1.02. The first-order valence-electron chi connectivity index (χ1n) is 4.04. The number of hydrogen-bond donors (Lipinski definition) is 0. The van der Waals surface area contributed by atoms with Gasteiger partial charge in [-0.2, -0.15) is 5.10 Å². The monoisotopic (exact) mass is 186 g/mol. The number of fused-ring (bicyclic) bond motifs is 3. The Bertz CT molecular complexity index is 521. The molecule has 0 aliphatic heterocycles. The molecule has 0 aliphatic carbocycles. The van der Waals surface area contributed by atoms with Crippen LogP contribution >= 0.6 is 11.3 Å². The predicted octanol–water partition coefficient (Wildman–Crippen LogP) is 2.84. The molecule has 0 atom stereocenters. The first-order chi connectivity index (χ1) is 6.45. The van der Waals surface area contributed by atoms with Crippen LogP contribution in [0.25, 0.3) is 20.3 Å². The summed E-state index contributed by atoms with van der Waals surface area (Å²) in [5.41, 5.74) is 1.02. The second-order valence-corrected chi connectivity index (χ2v) is 3.93. The number of aromatic nitrogens is 2. The van der Waals surface area contributed by atoms with Crippen molar-refractivity contribution in [2.75, 3.05) is 0 Å². The van der Waals surface area contributed by atoms with Crippen LogP contribution in [0.4, 0.5) is 0 Å². The average Bonchev–Trinajstić information content (AvgIpc) is 2.56. The maximum Gasteiger partial charge on any atom is 0.112 e. The lowest BCUT2D eigenvalue weighted by Crippen LogP contribution is -1.76. The van der Waals surface area contributed by atoms with Gasteiger partial charge in [-0.3, -0.25) is 0 Å². The van der Waals surface area contributed by atoms with Crippen LogP contribution in [0.2, 0.25) is 0 Å². The van der Waals surface area contributed by atoms with Crippen molar-refractivity contribution in [2.24, 2.45) is 0 Å². The van der Waals surface area contributed by atoms with Gasteiger partial charge in [0, 0.05) is 10.1 Å². The van der Waals surface area contributed by atoms with Crippen LogP contribution in [0.5, 0.6) is 0 Å². The van der Waals surface area contributed by atoms with E-state index >= 15 is 0 Å². The summed E-state index contributed by atoms with van der Waals surface area (Å²) in [5.74, 6) is 0. The third-order valence-corrected chi connectivity index (χ3v) is 3.17. The molecule has 62 valence electrons.